The molecule has 1 amide bonds. The molecule has 19 heavy (non-hydrogen) atoms. The zero-order chi connectivity index (χ0) is 14.0. The minimum atomic E-state index is 0.00853. The normalized spacial score (nSPS) is 14.8. The van der Waals surface area contributed by atoms with Crippen molar-refractivity contribution in [3.05, 3.63) is 28.0 Å². The molecule has 2 rings (SSSR count). The molecular formula is C14H18Cl2N2O. The zero-order valence-electron chi connectivity index (χ0n) is 11.2. The summed E-state index contributed by atoms with van der Waals surface area (Å²) in [7, 11) is 0. The van der Waals surface area contributed by atoms with Crippen molar-refractivity contribution in [2.45, 2.75) is 39.2 Å². The minimum absolute atomic E-state index is 0.00853. The molecular weight excluding hydrogens is 283 g/mol. The summed E-state index contributed by atoms with van der Waals surface area (Å²) in [6.07, 6.45) is 4.70. The van der Waals surface area contributed by atoms with E-state index in [1.165, 1.54) is 6.20 Å². The van der Waals surface area contributed by atoms with Gasteiger partial charge in [-0.15, -0.1) is 0 Å². The van der Waals surface area contributed by atoms with E-state index in [0.717, 1.165) is 25.8 Å². The number of amides is 1. The molecule has 0 unspecified atom stereocenters. The first kappa shape index (κ1) is 14.6. The molecule has 0 spiro atoms. The van der Waals surface area contributed by atoms with Crippen molar-refractivity contribution in [1.82, 2.24) is 9.88 Å². The molecule has 0 radical (unpaired) electrons. The van der Waals surface area contributed by atoms with Crippen molar-refractivity contribution in [3.8, 4) is 0 Å². The highest BCUT2D eigenvalue weighted by molar-refractivity contribution is 6.41. The molecule has 0 aromatic carbocycles. The van der Waals surface area contributed by atoms with E-state index in [-0.39, 0.29) is 11.1 Å². The lowest BCUT2D eigenvalue weighted by Gasteiger charge is -2.23. The fourth-order valence-corrected chi connectivity index (χ4v) is 2.21. The van der Waals surface area contributed by atoms with Gasteiger partial charge in [0.05, 0.1) is 10.6 Å². The number of carbonyl (C=O) groups excluding carboxylic acids is 1. The third-order valence-electron chi connectivity index (χ3n) is 3.24. The number of nitrogens with zero attached hydrogens (tertiary/aromatic N) is 2. The van der Waals surface area contributed by atoms with Crippen molar-refractivity contribution in [3.63, 3.8) is 0 Å². The summed E-state index contributed by atoms with van der Waals surface area (Å²) in [5.74, 6) is 0.593. The molecule has 1 aromatic rings. The highest BCUT2D eigenvalue weighted by atomic mass is 35.5. The Morgan fingerprint density at radius 1 is 1.47 bits per heavy atom. The number of carbonyl (C=O) groups is 1. The highest BCUT2D eigenvalue weighted by Crippen LogP contribution is 2.29. The number of hydrogen-bond acceptors (Lipinski definition) is 2. The van der Waals surface area contributed by atoms with Gasteiger partial charge in [0, 0.05) is 18.8 Å². The van der Waals surface area contributed by atoms with Crippen LogP contribution in [0.3, 0.4) is 0 Å². The summed E-state index contributed by atoms with van der Waals surface area (Å²) < 4.78 is 0. The Kier molecular flexibility index (Phi) is 4.69. The number of aromatic nitrogens is 1. The Labute approximate surface area is 123 Å². The summed E-state index contributed by atoms with van der Waals surface area (Å²) in [6.45, 7) is 5.12. The number of rotatable bonds is 5. The van der Waals surface area contributed by atoms with Crippen molar-refractivity contribution in [2.75, 3.05) is 6.54 Å². The Morgan fingerprint density at radius 2 is 2.16 bits per heavy atom. The van der Waals surface area contributed by atoms with Crippen LogP contribution in [0.4, 0.5) is 0 Å². The van der Waals surface area contributed by atoms with Crippen molar-refractivity contribution in [1.29, 1.82) is 0 Å². The average molecular weight is 301 g/mol. The molecule has 1 fully saturated rings. The Bertz CT molecular complexity index is 473. The number of hydrogen-bond donors (Lipinski definition) is 0. The summed E-state index contributed by atoms with van der Waals surface area (Å²) in [4.78, 5) is 18.4. The van der Waals surface area contributed by atoms with Gasteiger partial charge in [0.15, 0.2) is 0 Å². The van der Waals surface area contributed by atoms with Crippen LogP contribution in [0.5, 0.6) is 0 Å². The van der Waals surface area contributed by atoms with Gasteiger partial charge in [-0.05, 0) is 31.2 Å². The molecule has 1 saturated carbocycles. The molecule has 1 heterocycles. The maximum Gasteiger partial charge on any atom is 0.255 e. The second-order valence-electron chi connectivity index (χ2n) is 5.41. The summed E-state index contributed by atoms with van der Waals surface area (Å²) in [6, 6.07) is 1.99. The standard InChI is InChI=1S/C14H18Cl2N2O/c1-9(2)5-6-18(11-3-4-11)14(19)10-7-12(15)13(16)17-8-10/h7-9,11H,3-6H2,1-2H3. The van der Waals surface area contributed by atoms with Gasteiger partial charge in [0.1, 0.15) is 5.15 Å². The molecule has 1 aliphatic carbocycles. The molecule has 0 N–H and O–H groups in total. The van der Waals surface area contributed by atoms with Crippen LogP contribution in [0, 0.1) is 5.92 Å². The lowest BCUT2D eigenvalue weighted by Crippen LogP contribution is -2.34. The van der Waals surface area contributed by atoms with Crippen molar-refractivity contribution >= 4 is 29.1 Å². The monoisotopic (exact) mass is 300 g/mol. The number of pyridine rings is 1. The maximum atomic E-state index is 12.5. The zero-order valence-corrected chi connectivity index (χ0v) is 12.7. The van der Waals surface area contributed by atoms with Gasteiger partial charge in [-0.1, -0.05) is 37.0 Å². The molecule has 0 bridgehead atoms. The van der Waals surface area contributed by atoms with Gasteiger partial charge in [-0.3, -0.25) is 4.79 Å². The molecule has 3 nitrogen and oxygen atoms in total. The molecule has 0 saturated heterocycles. The summed E-state index contributed by atoms with van der Waals surface area (Å²) in [5, 5.41) is 0.561. The van der Waals surface area contributed by atoms with Gasteiger partial charge in [-0.2, -0.15) is 0 Å². The van der Waals surface area contributed by atoms with E-state index >= 15 is 0 Å². The minimum Gasteiger partial charge on any atom is -0.336 e. The highest BCUT2D eigenvalue weighted by Gasteiger charge is 2.33. The van der Waals surface area contributed by atoms with Crippen LogP contribution in [0.25, 0.3) is 0 Å². The Morgan fingerprint density at radius 3 is 2.68 bits per heavy atom. The second-order valence-corrected chi connectivity index (χ2v) is 6.17. The molecule has 1 aliphatic rings. The van der Waals surface area contributed by atoms with E-state index in [4.69, 9.17) is 23.2 Å². The second kappa shape index (κ2) is 6.10. The average Bonchev–Trinajstić information content (AvgIpc) is 3.16. The Hall–Kier alpha value is -0.800. The van der Waals surface area contributed by atoms with E-state index in [1.807, 2.05) is 4.90 Å². The number of halogens is 2. The first-order valence-electron chi connectivity index (χ1n) is 6.61. The van der Waals surface area contributed by atoms with Crippen molar-refractivity contribution < 1.29 is 4.79 Å². The van der Waals surface area contributed by atoms with Crippen molar-refractivity contribution in [2.24, 2.45) is 5.92 Å². The third-order valence-corrected chi connectivity index (χ3v) is 3.93. The van der Waals surface area contributed by atoms with Gasteiger partial charge in [-0.25, -0.2) is 4.98 Å². The third kappa shape index (κ3) is 3.83. The Balaban J connectivity index is 2.12. The van der Waals surface area contributed by atoms with Crippen LogP contribution in [0.15, 0.2) is 12.3 Å². The molecule has 0 atom stereocenters. The lowest BCUT2D eigenvalue weighted by molar-refractivity contribution is 0.0735. The molecule has 5 heteroatoms. The van der Waals surface area contributed by atoms with E-state index in [2.05, 4.69) is 18.8 Å². The lowest BCUT2D eigenvalue weighted by atomic mass is 10.1. The molecule has 1 aromatic heterocycles. The first-order chi connectivity index (χ1) is 8.99. The summed E-state index contributed by atoms with van der Waals surface area (Å²) >= 11 is 11.7. The van der Waals surface area contributed by atoms with Gasteiger partial charge >= 0.3 is 0 Å². The SMILES string of the molecule is CC(C)CCN(C(=O)c1cnc(Cl)c(Cl)c1)C1CC1. The topological polar surface area (TPSA) is 33.2 Å². The maximum absolute atomic E-state index is 12.5. The smallest absolute Gasteiger partial charge is 0.255 e. The van der Waals surface area contributed by atoms with Crippen LogP contribution in [0.1, 0.15) is 43.5 Å². The van der Waals surface area contributed by atoms with E-state index in [0.29, 0.717) is 22.5 Å². The first-order valence-corrected chi connectivity index (χ1v) is 7.36. The fraction of sp³-hybridized carbons (Fsp3) is 0.571. The van der Waals surface area contributed by atoms with Gasteiger partial charge in [0.2, 0.25) is 0 Å². The van der Waals surface area contributed by atoms with E-state index in [9.17, 15) is 4.79 Å². The van der Waals surface area contributed by atoms with E-state index in [1.54, 1.807) is 6.07 Å². The summed E-state index contributed by atoms with van der Waals surface area (Å²) in [5.41, 5.74) is 0.519. The van der Waals surface area contributed by atoms with Gasteiger partial charge < -0.3 is 4.90 Å². The predicted octanol–water partition coefficient (Wildman–Crippen LogP) is 4.04. The van der Waals surface area contributed by atoms with Crippen LogP contribution in [-0.4, -0.2) is 28.4 Å². The fourth-order valence-electron chi connectivity index (χ4n) is 1.94. The molecule has 0 aliphatic heterocycles. The van der Waals surface area contributed by atoms with Crippen LogP contribution >= 0.6 is 23.2 Å². The quantitative estimate of drug-likeness (QED) is 0.769. The van der Waals surface area contributed by atoms with Crippen LogP contribution in [0.2, 0.25) is 10.2 Å². The van der Waals surface area contributed by atoms with E-state index < -0.39 is 0 Å². The molecule has 104 valence electrons. The van der Waals surface area contributed by atoms with Gasteiger partial charge in [0.25, 0.3) is 5.91 Å². The van der Waals surface area contributed by atoms with Crippen LogP contribution < -0.4 is 0 Å². The van der Waals surface area contributed by atoms with Crippen LogP contribution in [-0.2, 0) is 0 Å². The largest absolute Gasteiger partial charge is 0.336 e. The predicted molar refractivity (Wildman–Crippen MR) is 77.8 cm³/mol.